The highest BCUT2D eigenvalue weighted by Gasteiger charge is 2.27. The van der Waals surface area contributed by atoms with E-state index >= 15 is 0 Å². The predicted octanol–water partition coefficient (Wildman–Crippen LogP) is 2.85. The number of thiazole rings is 1. The lowest BCUT2D eigenvalue weighted by atomic mass is 10.1. The Hall–Kier alpha value is -0.360. The lowest BCUT2D eigenvalue weighted by Gasteiger charge is -2.09. The van der Waals surface area contributed by atoms with Crippen LogP contribution in [0.25, 0.3) is 0 Å². The van der Waals surface area contributed by atoms with E-state index in [-0.39, 0.29) is 42.7 Å². The molecule has 1 aliphatic carbocycles. The zero-order valence-corrected chi connectivity index (χ0v) is 14.2. The molecule has 0 bridgehead atoms. The van der Waals surface area contributed by atoms with Crippen molar-refractivity contribution in [2.24, 2.45) is 11.7 Å². The Morgan fingerprint density at radius 3 is 2.70 bits per heavy atom. The first-order valence-electron chi connectivity index (χ1n) is 6.54. The number of halogens is 2. The number of amides is 1. The second-order valence-electron chi connectivity index (χ2n) is 5.31. The number of nitrogens with two attached hydrogens (primary N) is 1. The number of rotatable bonds is 4. The molecule has 1 heterocycles. The highest BCUT2D eigenvalue weighted by Crippen LogP contribution is 2.24. The van der Waals surface area contributed by atoms with Crippen LogP contribution in [0, 0.1) is 5.92 Å². The summed E-state index contributed by atoms with van der Waals surface area (Å²) in [7, 11) is 0. The molecule has 116 valence electrons. The molecule has 1 aromatic rings. The molecule has 0 saturated heterocycles. The minimum atomic E-state index is 0. The number of carbonyl (C=O) groups excluding carboxylic acids is 1. The van der Waals surface area contributed by atoms with Crippen LogP contribution in [-0.2, 0) is 11.3 Å². The third-order valence-electron chi connectivity index (χ3n) is 3.42. The van der Waals surface area contributed by atoms with Crippen molar-refractivity contribution in [3.8, 4) is 0 Å². The Morgan fingerprint density at radius 2 is 2.20 bits per heavy atom. The van der Waals surface area contributed by atoms with E-state index in [0.29, 0.717) is 12.5 Å². The smallest absolute Gasteiger partial charge is 0.223 e. The van der Waals surface area contributed by atoms with Crippen LogP contribution in [0.3, 0.4) is 0 Å². The van der Waals surface area contributed by atoms with Crippen LogP contribution in [0.4, 0.5) is 0 Å². The number of nitrogens with zero attached hydrogens (tertiary/aromatic N) is 1. The predicted molar refractivity (Wildman–Crippen MR) is 87.9 cm³/mol. The maximum atomic E-state index is 11.9. The molecule has 0 spiro atoms. The topological polar surface area (TPSA) is 68.0 Å². The second-order valence-corrected chi connectivity index (χ2v) is 6.25. The van der Waals surface area contributed by atoms with Crippen LogP contribution in [-0.4, -0.2) is 16.9 Å². The van der Waals surface area contributed by atoms with Crippen molar-refractivity contribution in [3.05, 3.63) is 16.1 Å². The molecule has 20 heavy (non-hydrogen) atoms. The van der Waals surface area contributed by atoms with Gasteiger partial charge in [-0.2, -0.15) is 0 Å². The molecule has 1 saturated carbocycles. The third kappa shape index (κ3) is 5.20. The number of nitrogens with one attached hydrogen (secondary N) is 1. The summed E-state index contributed by atoms with van der Waals surface area (Å²) in [5.74, 6) is 0.673. The molecule has 7 heteroatoms. The van der Waals surface area contributed by atoms with Crippen LogP contribution >= 0.6 is 36.2 Å². The van der Waals surface area contributed by atoms with E-state index in [4.69, 9.17) is 5.73 Å². The summed E-state index contributed by atoms with van der Waals surface area (Å²) in [6.45, 7) is 4.79. The van der Waals surface area contributed by atoms with Crippen molar-refractivity contribution < 1.29 is 4.79 Å². The summed E-state index contributed by atoms with van der Waals surface area (Å²) in [6, 6.07) is 0.202. The maximum absolute atomic E-state index is 11.9. The van der Waals surface area contributed by atoms with Crippen molar-refractivity contribution in [3.63, 3.8) is 0 Å². The van der Waals surface area contributed by atoms with Crippen LogP contribution in [0.15, 0.2) is 5.38 Å². The molecule has 0 aromatic carbocycles. The average molecular weight is 340 g/mol. The Kier molecular flexibility index (Phi) is 8.66. The van der Waals surface area contributed by atoms with Crippen molar-refractivity contribution in [2.45, 2.75) is 51.6 Å². The van der Waals surface area contributed by atoms with Crippen molar-refractivity contribution in [1.82, 2.24) is 10.3 Å². The van der Waals surface area contributed by atoms with Crippen LogP contribution < -0.4 is 11.1 Å². The Labute approximate surface area is 136 Å². The van der Waals surface area contributed by atoms with Crippen molar-refractivity contribution in [2.75, 3.05) is 0 Å². The van der Waals surface area contributed by atoms with Gasteiger partial charge in [-0.25, -0.2) is 4.98 Å². The normalized spacial score (nSPS) is 21.2. The molecular formula is C13H23Cl2N3OS. The molecule has 2 rings (SSSR count). The van der Waals surface area contributed by atoms with Gasteiger partial charge in [0.2, 0.25) is 5.91 Å². The Balaban J connectivity index is 0.00000180. The van der Waals surface area contributed by atoms with E-state index in [1.54, 1.807) is 11.3 Å². The summed E-state index contributed by atoms with van der Waals surface area (Å²) >= 11 is 1.61. The molecule has 2 atom stereocenters. The number of hydrogen-bond donors (Lipinski definition) is 2. The summed E-state index contributed by atoms with van der Waals surface area (Å²) < 4.78 is 0. The van der Waals surface area contributed by atoms with Crippen LogP contribution in [0.2, 0.25) is 0 Å². The maximum Gasteiger partial charge on any atom is 0.223 e. The number of carbonyl (C=O) groups is 1. The molecule has 1 aromatic heterocycles. The molecule has 1 aliphatic rings. The molecule has 3 N–H and O–H groups in total. The standard InChI is InChI=1S/C13H21N3OS.2ClH/c1-8(2)11-7-18-12(16-11)6-15-13(17)9-3-4-10(14)5-9;;/h7-10H,3-6,14H2,1-2H3,(H,15,17);2*1H. The minimum absolute atomic E-state index is 0. The van der Waals surface area contributed by atoms with Crippen LogP contribution in [0.1, 0.15) is 49.7 Å². The van der Waals surface area contributed by atoms with E-state index in [2.05, 4.69) is 29.5 Å². The van der Waals surface area contributed by atoms with E-state index in [0.717, 1.165) is 30.0 Å². The summed E-state index contributed by atoms with van der Waals surface area (Å²) in [4.78, 5) is 16.4. The van der Waals surface area contributed by atoms with Crippen molar-refractivity contribution in [1.29, 1.82) is 0 Å². The molecule has 0 radical (unpaired) electrons. The van der Waals surface area contributed by atoms with Gasteiger partial charge in [-0.05, 0) is 25.2 Å². The first-order chi connectivity index (χ1) is 8.56. The van der Waals surface area contributed by atoms with Gasteiger partial charge in [0, 0.05) is 17.3 Å². The first kappa shape index (κ1) is 19.6. The molecule has 0 aliphatic heterocycles. The molecule has 1 amide bonds. The molecule has 2 unspecified atom stereocenters. The summed E-state index contributed by atoms with van der Waals surface area (Å²) in [5.41, 5.74) is 6.92. The van der Waals surface area contributed by atoms with Crippen molar-refractivity contribution >= 4 is 42.1 Å². The fourth-order valence-corrected chi connectivity index (χ4v) is 3.13. The fraction of sp³-hybridized carbons (Fsp3) is 0.692. The van der Waals surface area contributed by atoms with Gasteiger partial charge >= 0.3 is 0 Å². The highest BCUT2D eigenvalue weighted by atomic mass is 35.5. The quantitative estimate of drug-likeness (QED) is 0.886. The third-order valence-corrected chi connectivity index (χ3v) is 4.29. The first-order valence-corrected chi connectivity index (χ1v) is 7.41. The van der Waals surface area contributed by atoms with Gasteiger partial charge in [-0.15, -0.1) is 36.2 Å². The van der Waals surface area contributed by atoms with E-state index in [9.17, 15) is 4.79 Å². The number of hydrogen-bond acceptors (Lipinski definition) is 4. The SMILES string of the molecule is CC(C)c1csc(CNC(=O)C2CCC(N)C2)n1.Cl.Cl. The van der Waals surface area contributed by atoms with Crippen LogP contribution in [0.5, 0.6) is 0 Å². The van der Waals surface area contributed by atoms with E-state index in [1.807, 2.05) is 0 Å². The van der Waals surface area contributed by atoms with Gasteiger partial charge in [0.05, 0.1) is 12.2 Å². The van der Waals surface area contributed by atoms with Gasteiger partial charge in [0.25, 0.3) is 0 Å². The fourth-order valence-electron chi connectivity index (χ4n) is 2.23. The van der Waals surface area contributed by atoms with E-state index in [1.165, 1.54) is 0 Å². The largest absolute Gasteiger partial charge is 0.349 e. The lowest BCUT2D eigenvalue weighted by Crippen LogP contribution is -2.29. The average Bonchev–Trinajstić information content (AvgIpc) is 2.94. The van der Waals surface area contributed by atoms with Gasteiger partial charge in [0.15, 0.2) is 0 Å². The Morgan fingerprint density at radius 1 is 1.50 bits per heavy atom. The highest BCUT2D eigenvalue weighted by molar-refractivity contribution is 7.09. The summed E-state index contributed by atoms with van der Waals surface area (Å²) in [6.07, 6.45) is 2.70. The van der Waals surface area contributed by atoms with E-state index < -0.39 is 0 Å². The van der Waals surface area contributed by atoms with Gasteiger partial charge in [-0.1, -0.05) is 13.8 Å². The van der Waals surface area contributed by atoms with Gasteiger partial charge in [0.1, 0.15) is 5.01 Å². The molecular weight excluding hydrogens is 317 g/mol. The zero-order valence-electron chi connectivity index (χ0n) is 11.8. The minimum Gasteiger partial charge on any atom is -0.349 e. The molecule has 4 nitrogen and oxygen atoms in total. The second kappa shape index (κ2) is 8.82. The zero-order chi connectivity index (χ0) is 13.1. The monoisotopic (exact) mass is 339 g/mol. The molecule has 1 fully saturated rings. The van der Waals surface area contributed by atoms with Gasteiger partial charge in [-0.3, -0.25) is 4.79 Å². The Bertz CT molecular complexity index is 426. The number of aromatic nitrogens is 1. The van der Waals surface area contributed by atoms with Gasteiger partial charge < -0.3 is 11.1 Å². The lowest BCUT2D eigenvalue weighted by molar-refractivity contribution is -0.125. The summed E-state index contributed by atoms with van der Waals surface area (Å²) in [5, 5.41) is 6.02.